The van der Waals surface area contributed by atoms with Gasteiger partial charge in [-0.05, 0) is 36.6 Å². The third kappa shape index (κ3) is 4.67. The topological polar surface area (TPSA) is 66.7 Å². The Hall–Kier alpha value is -3.10. The van der Waals surface area contributed by atoms with Crippen molar-refractivity contribution in [2.45, 2.75) is 25.6 Å². The van der Waals surface area contributed by atoms with Crippen LogP contribution >= 0.6 is 0 Å². The number of non-ortho nitro benzene ring substituents is 1. The normalized spacial score (nSPS) is 14.1. The van der Waals surface area contributed by atoms with Gasteiger partial charge in [-0.2, -0.15) is 13.2 Å². The van der Waals surface area contributed by atoms with E-state index in [4.69, 9.17) is 0 Å². The second-order valence-electron chi connectivity index (χ2n) is 7.01. The predicted molar refractivity (Wildman–Crippen MR) is 102 cm³/mol. The van der Waals surface area contributed by atoms with Crippen molar-refractivity contribution < 1.29 is 22.9 Å². The number of nitro groups is 1. The molecule has 3 rings (SSSR count). The molecule has 0 saturated carbocycles. The lowest BCUT2D eigenvalue weighted by Crippen LogP contribution is -2.29. The number of anilines is 1. The highest BCUT2D eigenvalue weighted by Gasteiger charge is 2.30. The van der Waals surface area contributed by atoms with Gasteiger partial charge in [0.15, 0.2) is 0 Å². The molecule has 6 nitrogen and oxygen atoms in total. The number of benzene rings is 2. The minimum Gasteiger partial charge on any atom is -0.371 e. The zero-order valence-electron chi connectivity index (χ0n) is 15.8. The van der Waals surface area contributed by atoms with E-state index < -0.39 is 22.6 Å². The van der Waals surface area contributed by atoms with Gasteiger partial charge >= 0.3 is 6.18 Å². The second kappa shape index (κ2) is 8.10. The molecule has 0 bridgehead atoms. The Bertz CT molecular complexity index is 907. The zero-order valence-corrected chi connectivity index (χ0v) is 15.8. The molecule has 0 atom stereocenters. The monoisotopic (exact) mass is 407 g/mol. The number of alkyl halides is 3. The number of carbonyl (C=O) groups is 1. The third-order valence-corrected chi connectivity index (χ3v) is 4.92. The maximum absolute atomic E-state index is 13.0. The molecule has 0 aliphatic carbocycles. The minimum absolute atomic E-state index is 0.0824. The number of carbonyl (C=O) groups excluding carboxylic acids is 1. The number of nitro benzene ring substituents is 1. The van der Waals surface area contributed by atoms with Gasteiger partial charge in [0.1, 0.15) is 0 Å². The van der Waals surface area contributed by atoms with Gasteiger partial charge in [0, 0.05) is 38.8 Å². The first-order valence-corrected chi connectivity index (χ1v) is 9.12. The molecule has 29 heavy (non-hydrogen) atoms. The number of rotatable bonds is 5. The van der Waals surface area contributed by atoms with Crippen molar-refractivity contribution in [1.29, 1.82) is 0 Å². The van der Waals surface area contributed by atoms with Gasteiger partial charge in [0.25, 0.3) is 11.6 Å². The van der Waals surface area contributed by atoms with Crippen LogP contribution in [-0.2, 0) is 12.7 Å². The fraction of sp³-hybridized carbons (Fsp3) is 0.350. The van der Waals surface area contributed by atoms with Crippen LogP contribution in [0.3, 0.4) is 0 Å². The van der Waals surface area contributed by atoms with Crippen LogP contribution in [-0.4, -0.2) is 35.9 Å². The first-order chi connectivity index (χ1) is 13.7. The van der Waals surface area contributed by atoms with Gasteiger partial charge in [-0.3, -0.25) is 14.9 Å². The SMILES string of the molecule is CN(Cc1ccc(C(F)(F)F)cc1)C(=O)c1cc([N+](=O)[O-])ccc1N1CCCC1. The van der Waals surface area contributed by atoms with Gasteiger partial charge in [0.05, 0.1) is 21.7 Å². The van der Waals surface area contributed by atoms with Crippen molar-refractivity contribution in [1.82, 2.24) is 4.90 Å². The molecule has 1 aliphatic rings. The Labute approximate surface area is 165 Å². The summed E-state index contributed by atoms with van der Waals surface area (Å²) in [7, 11) is 1.52. The second-order valence-corrected chi connectivity index (χ2v) is 7.01. The summed E-state index contributed by atoms with van der Waals surface area (Å²) in [6.07, 6.45) is -2.47. The van der Waals surface area contributed by atoms with Crippen molar-refractivity contribution in [2.24, 2.45) is 0 Å². The van der Waals surface area contributed by atoms with Gasteiger partial charge in [-0.25, -0.2) is 0 Å². The van der Waals surface area contributed by atoms with Crippen LogP contribution in [0.4, 0.5) is 24.5 Å². The van der Waals surface area contributed by atoms with Gasteiger partial charge in [-0.1, -0.05) is 12.1 Å². The summed E-state index contributed by atoms with van der Waals surface area (Å²) in [6.45, 7) is 1.61. The van der Waals surface area contributed by atoms with Crippen LogP contribution in [0.15, 0.2) is 42.5 Å². The lowest BCUT2D eigenvalue weighted by atomic mass is 10.1. The molecule has 1 aliphatic heterocycles. The average molecular weight is 407 g/mol. The maximum atomic E-state index is 13.0. The Morgan fingerprint density at radius 3 is 2.31 bits per heavy atom. The van der Waals surface area contributed by atoms with E-state index in [0.717, 1.165) is 38.1 Å². The lowest BCUT2D eigenvalue weighted by Gasteiger charge is -2.24. The molecule has 0 aromatic heterocycles. The van der Waals surface area contributed by atoms with Crippen LogP contribution in [0.5, 0.6) is 0 Å². The zero-order chi connectivity index (χ0) is 21.2. The first-order valence-electron chi connectivity index (χ1n) is 9.12. The largest absolute Gasteiger partial charge is 0.416 e. The molecule has 2 aromatic rings. The van der Waals surface area contributed by atoms with E-state index in [1.807, 2.05) is 4.90 Å². The van der Waals surface area contributed by atoms with Crippen LogP contribution in [0.2, 0.25) is 0 Å². The highest BCUT2D eigenvalue weighted by molar-refractivity contribution is 6.00. The summed E-state index contributed by atoms with van der Waals surface area (Å²) < 4.78 is 38.1. The molecule has 1 heterocycles. The molecule has 1 amide bonds. The number of nitrogens with zero attached hydrogens (tertiary/aromatic N) is 3. The van der Waals surface area contributed by atoms with E-state index in [2.05, 4.69) is 0 Å². The highest BCUT2D eigenvalue weighted by atomic mass is 19.4. The molecule has 0 N–H and O–H groups in total. The van der Waals surface area contributed by atoms with Gasteiger partial charge in [-0.15, -0.1) is 0 Å². The van der Waals surface area contributed by atoms with Crippen molar-refractivity contribution in [3.05, 3.63) is 69.3 Å². The van der Waals surface area contributed by atoms with Crippen LogP contribution in [0, 0.1) is 10.1 Å². The highest BCUT2D eigenvalue weighted by Crippen LogP contribution is 2.31. The van der Waals surface area contributed by atoms with Crippen molar-refractivity contribution in [2.75, 3.05) is 25.0 Å². The summed E-state index contributed by atoms with van der Waals surface area (Å²) in [5.41, 5.74) is 0.444. The molecule has 0 unspecified atom stereocenters. The van der Waals surface area contributed by atoms with E-state index in [9.17, 15) is 28.1 Å². The lowest BCUT2D eigenvalue weighted by molar-refractivity contribution is -0.384. The summed E-state index contributed by atoms with van der Waals surface area (Å²) in [5.74, 6) is -0.421. The molecular formula is C20H20F3N3O3. The smallest absolute Gasteiger partial charge is 0.371 e. The Balaban J connectivity index is 1.84. The molecule has 1 saturated heterocycles. The van der Waals surface area contributed by atoms with E-state index >= 15 is 0 Å². The predicted octanol–water partition coefficient (Wildman–Crippen LogP) is 4.49. The standard InChI is InChI=1S/C20H20F3N3O3/c1-24(13-14-4-6-15(7-5-14)20(21,22)23)19(27)17-12-16(26(28)29)8-9-18(17)25-10-2-3-11-25/h4-9,12H,2-3,10-11,13H2,1H3. The van der Waals surface area contributed by atoms with Crippen LogP contribution in [0.25, 0.3) is 0 Å². The Morgan fingerprint density at radius 2 is 1.76 bits per heavy atom. The summed E-state index contributed by atoms with van der Waals surface area (Å²) in [4.78, 5) is 27.0. The van der Waals surface area contributed by atoms with Crippen LogP contribution in [0.1, 0.15) is 34.3 Å². The van der Waals surface area contributed by atoms with Gasteiger partial charge in [0.2, 0.25) is 0 Å². The van der Waals surface area contributed by atoms with Crippen molar-refractivity contribution >= 4 is 17.3 Å². The van der Waals surface area contributed by atoms with Crippen molar-refractivity contribution in [3.63, 3.8) is 0 Å². The molecule has 0 spiro atoms. The maximum Gasteiger partial charge on any atom is 0.416 e. The summed E-state index contributed by atoms with van der Waals surface area (Å²) >= 11 is 0. The van der Waals surface area contributed by atoms with E-state index in [1.165, 1.54) is 36.2 Å². The fourth-order valence-electron chi connectivity index (χ4n) is 3.39. The summed E-state index contributed by atoms with van der Waals surface area (Å²) in [6, 6.07) is 8.80. The van der Waals surface area contributed by atoms with E-state index in [0.29, 0.717) is 11.3 Å². The van der Waals surface area contributed by atoms with Crippen molar-refractivity contribution in [3.8, 4) is 0 Å². The quantitative estimate of drug-likeness (QED) is 0.541. The minimum atomic E-state index is -4.42. The van der Waals surface area contributed by atoms with Crippen LogP contribution < -0.4 is 4.90 Å². The third-order valence-electron chi connectivity index (χ3n) is 4.92. The molecule has 154 valence electrons. The first kappa shape index (κ1) is 20.6. The molecule has 2 aromatic carbocycles. The number of amides is 1. The Kier molecular flexibility index (Phi) is 5.76. The molecule has 0 radical (unpaired) electrons. The van der Waals surface area contributed by atoms with Gasteiger partial charge < -0.3 is 9.80 Å². The molecule has 9 heteroatoms. The fourth-order valence-corrected chi connectivity index (χ4v) is 3.39. The number of hydrogen-bond acceptors (Lipinski definition) is 4. The average Bonchev–Trinajstić information content (AvgIpc) is 3.21. The number of hydrogen-bond donors (Lipinski definition) is 0. The van der Waals surface area contributed by atoms with E-state index in [-0.39, 0.29) is 17.8 Å². The molecular weight excluding hydrogens is 387 g/mol. The summed E-state index contributed by atoms with van der Waals surface area (Å²) in [5, 5.41) is 11.2. The number of halogens is 3. The Morgan fingerprint density at radius 1 is 1.14 bits per heavy atom. The molecule has 1 fully saturated rings. The van der Waals surface area contributed by atoms with E-state index in [1.54, 1.807) is 6.07 Å².